The predicted molar refractivity (Wildman–Crippen MR) is 93.5 cm³/mol. The fourth-order valence-electron chi connectivity index (χ4n) is 2.75. The van der Waals surface area contributed by atoms with Gasteiger partial charge in [-0.15, -0.1) is 0 Å². The SMILES string of the molecule is N#Cc1cccc(NS(=O)(=O)c2ccc(C(=O)N3CCCC3)cc2)c1. The van der Waals surface area contributed by atoms with Gasteiger partial charge in [0, 0.05) is 18.7 Å². The molecule has 1 fully saturated rings. The van der Waals surface area contributed by atoms with Gasteiger partial charge in [-0.2, -0.15) is 5.26 Å². The first kappa shape index (κ1) is 17.0. The summed E-state index contributed by atoms with van der Waals surface area (Å²) in [6.07, 6.45) is 2.01. The van der Waals surface area contributed by atoms with Crippen molar-refractivity contribution in [2.75, 3.05) is 17.8 Å². The molecule has 0 radical (unpaired) electrons. The number of likely N-dealkylation sites (tertiary alicyclic amines) is 1. The van der Waals surface area contributed by atoms with Crippen LogP contribution in [0.2, 0.25) is 0 Å². The van der Waals surface area contributed by atoms with Crippen LogP contribution in [0, 0.1) is 11.3 Å². The topological polar surface area (TPSA) is 90.3 Å². The summed E-state index contributed by atoms with van der Waals surface area (Å²) in [7, 11) is -3.78. The maximum Gasteiger partial charge on any atom is 0.261 e. The Labute approximate surface area is 146 Å². The highest BCUT2D eigenvalue weighted by Gasteiger charge is 2.20. The Morgan fingerprint density at radius 2 is 1.76 bits per heavy atom. The van der Waals surface area contributed by atoms with E-state index in [2.05, 4.69) is 4.72 Å². The number of hydrogen-bond donors (Lipinski definition) is 1. The zero-order valence-electron chi connectivity index (χ0n) is 13.5. The van der Waals surface area contributed by atoms with Crippen molar-refractivity contribution in [3.63, 3.8) is 0 Å². The molecule has 1 aliphatic heterocycles. The zero-order chi connectivity index (χ0) is 17.9. The van der Waals surface area contributed by atoms with E-state index in [9.17, 15) is 13.2 Å². The van der Waals surface area contributed by atoms with Crippen molar-refractivity contribution in [3.05, 3.63) is 59.7 Å². The number of benzene rings is 2. The van der Waals surface area contributed by atoms with Gasteiger partial charge in [-0.3, -0.25) is 9.52 Å². The number of carbonyl (C=O) groups excluding carboxylic acids is 1. The largest absolute Gasteiger partial charge is 0.339 e. The van der Waals surface area contributed by atoms with Crippen molar-refractivity contribution in [2.24, 2.45) is 0 Å². The van der Waals surface area contributed by atoms with Gasteiger partial charge in [0.15, 0.2) is 0 Å². The van der Waals surface area contributed by atoms with Gasteiger partial charge in [-0.05, 0) is 55.3 Å². The van der Waals surface area contributed by atoms with Crippen LogP contribution in [0.1, 0.15) is 28.8 Å². The van der Waals surface area contributed by atoms with Crippen LogP contribution in [-0.2, 0) is 10.0 Å². The van der Waals surface area contributed by atoms with E-state index in [1.165, 1.54) is 30.3 Å². The molecule has 0 atom stereocenters. The number of rotatable bonds is 4. The first-order chi connectivity index (χ1) is 12.0. The van der Waals surface area contributed by atoms with Crippen molar-refractivity contribution in [1.29, 1.82) is 5.26 Å². The number of carbonyl (C=O) groups is 1. The standard InChI is InChI=1S/C18H17N3O3S/c19-13-14-4-3-5-16(12-14)20-25(23,24)17-8-6-15(7-9-17)18(22)21-10-1-2-11-21/h3-9,12,20H,1-2,10-11H2. The van der Waals surface area contributed by atoms with Crippen LogP contribution in [0.3, 0.4) is 0 Å². The number of nitrogens with one attached hydrogen (secondary N) is 1. The number of sulfonamides is 1. The number of hydrogen-bond acceptors (Lipinski definition) is 4. The molecule has 2 aromatic rings. The molecule has 1 heterocycles. The number of nitrogens with zero attached hydrogens (tertiary/aromatic N) is 2. The van der Waals surface area contributed by atoms with E-state index < -0.39 is 10.0 Å². The molecule has 1 saturated heterocycles. The van der Waals surface area contributed by atoms with Crippen molar-refractivity contribution in [3.8, 4) is 6.07 Å². The van der Waals surface area contributed by atoms with Gasteiger partial charge in [0.25, 0.3) is 15.9 Å². The van der Waals surface area contributed by atoms with Crippen molar-refractivity contribution < 1.29 is 13.2 Å². The molecule has 0 aliphatic carbocycles. The normalized spacial score (nSPS) is 14.1. The van der Waals surface area contributed by atoms with Crippen LogP contribution in [0.15, 0.2) is 53.4 Å². The van der Waals surface area contributed by atoms with E-state index in [1.54, 1.807) is 23.1 Å². The van der Waals surface area contributed by atoms with Crippen LogP contribution >= 0.6 is 0 Å². The molecule has 2 aromatic carbocycles. The van der Waals surface area contributed by atoms with E-state index in [0.29, 0.717) is 16.8 Å². The molecule has 128 valence electrons. The van der Waals surface area contributed by atoms with Crippen LogP contribution in [0.5, 0.6) is 0 Å². The second kappa shape index (κ2) is 6.95. The molecule has 0 saturated carbocycles. The van der Waals surface area contributed by atoms with Crippen molar-refractivity contribution in [2.45, 2.75) is 17.7 Å². The third-order valence-corrected chi connectivity index (χ3v) is 5.45. The summed E-state index contributed by atoms with van der Waals surface area (Å²) in [4.78, 5) is 14.1. The molecule has 25 heavy (non-hydrogen) atoms. The lowest BCUT2D eigenvalue weighted by Gasteiger charge is -2.15. The van der Waals surface area contributed by atoms with Crippen molar-refractivity contribution in [1.82, 2.24) is 4.90 Å². The number of amides is 1. The van der Waals surface area contributed by atoms with E-state index >= 15 is 0 Å². The minimum atomic E-state index is -3.78. The Morgan fingerprint density at radius 3 is 2.40 bits per heavy atom. The van der Waals surface area contributed by atoms with Crippen LogP contribution in [-0.4, -0.2) is 32.3 Å². The second-order valence-electron chi connectivity index (χ2n) is 5.82. The van der Waals surface area contributed by atoms with Gasteiger partial charge in [-0.25, -0.2) is 8.42 Å². The molecule has 1 N–H and O–H groups in total. The smallest absolute Gasteiger partial charge is 0.261 e. The molecular formula is C18H17N3O3S. The summed E-state index contributed by atoms with van der Waals surface area (Å²) in [5, 5.41) is 8.89. The summed E-state index contributed by atoms with van der Waals surface area (Å²) >= 11 is 0. The van der Waals surface area contributed by atoms with Gasteiger partial charge in [0.05, 0.1) is 22.2 Å². The van der Waals surface area contributed by atoms with E-state index in [-0.39, 0.29) is 10.8 Å². The van der Waals surface area contributed by atoms with Crippen LogP contribution in [0.4, 0.5) is 5.69 Å². The van der Waals surface area contributed by atoms with E-state index in [4.69, 9.17) is 5.26 Å². The van der Waals surface area contributed by atoms with Crippen LogP contribution < -0.4 is 4.72 Å². The summed E-state index contributed by atoms with van der Waals surface area (Å²) in [5.74, 6) is -0.0730. The molecule has 3 rings (SSSR count). The fraction of sp³-hybridized carbons (Fsp3) is 0.222. The molecule has 0 bridgehead atoms. The number of nitriles is 1. The zero-order valence-corrected chi connectivity index (χ0v) is 14.3. The second-order valence-corrected chi connectivity index (χ2v) is 7.50. The van der Waals surface area contributed by atoms with Gasteiger partial charge < -0.3 is 4.90 Å². The molecule has 0 aromatic heterocycles. The Bertz CT molecular complexity index is 925. The molecule has 1 amide bonds. The van der Waals surface area contributed by atoms with Gasteiger partial charge in [0.2, 0.25) is 0 Å². The highest BCUT2D eigenvalue weighted by molar-refractivity contribution is 7.92. The summed E-state index contributed by atoms with van der Waals surface area (Å²) in [6.45, 7) is 1.49. The lowest BCUT2D eigenvalue weighted by molar-refractivity contribution is 0.0792. The van der Waals surface area contributed by atoms with E-state index in [0.717, 1.165) is 25.9 Å². The molecule has 0 unspecified atom stereocenters. The predicted octanol–water partition coefficient (Wildman–Crippen LogP) is 2.60. The minimum Gasteiger partial charge on any atom is -0.339 e. The van der Waals surface area contributed by atoms with E-state index in [1.807, 2.05) is 6.07 Å². The summed E-state index contributed by atoms with van der Waals surface area (Å²) in [6, 6.07) is 14.1. The lowest BCUT2D eigenvalue weighted by atomic mass is 10.2. The third-order valence-electron chi connectivity index (χ3n) is 4.05. The quantitative estimate of drug-likeness (QED) is 0.913. The highest BCUT2D eigenvalue weighted by Crippen LogP contribution is 2.19. The first-order valence-electron chi connectivity index (χ1n) is 7.92. The molecule has 6 nitrogen and oxygen atoms in total. The molecule has 0 spiro atoms. The fourth-order valence-corrected chi connectivity index (χ4v) is 3.80. The minimum absolute atomic E-state index is 0.0628. The van der Waals surface area contributed by atoms with Crippen molar-refractivity contribution >= 4 is 21.6 Å². The Morgan fingerprint density at radius 1 is 1.08 bits per heavy atom. The van der Waals surface area contributed by atoms with Gasteiger partial charge in [0.1, 0.15) is 0 Å². The Kier molecular flexibility index (Phi) is 4.72. The number of anilines is 1. The van der Waals surface area contributed by atoms with Gasteiger partial charge in [-0.1, -0.05) is 6.07 Å². The highest BCUT2D eigenvalue weighted by atomic mass is 32.2. The summed E-state index contributed by atoms with van der Waals surface area (Å²) < 4.78 is 27.3. The maximum absolute atomic E-state index is 12.4. The van der Waals surface area contributed by atoms with Gasteiger partial charge >= 0.3 is 0 Å². The molecule has 1 aliphatic rings. The average Bonchev–Trinajstić information content (AvgIpc) is 3.15. The average molecular weight is 355 g/mol. The lowest BCUT2D eigenvalue weighted by Crippen LogP contribution is -2.27. The first-order valence-corrected chi connectivity index (χ1v) is 9.40. The van der Waals surface area contributed by atoms with Crippen LogP contribution in [0.25, 0.3) is 0 Å². The summed E-state index contributed by atoms with van der Waals surface area (Å²) in [5.41, 5.74) is 1.16. The molecule has 7 heteroatoms. The third kappa shape index (κ3) is 3.80. The molecular weight excluding hydrogens is 338 g/mol. The Balaban J connectivity index is 1.78. The monoisotopic (exact) mass is 355 g/mol. The Hall–Kier alpha value is -2.85. The maximum atomic E-state index is 12.4.